The number of guanidine groups is 1. The SMILES string of the molecule is CN=C(NCC1CCN(C2CC2)C1)NCC(C)Oc1ccc(F)cc1.I. The first-order chi connectivity index (χ1) is 12.1. The third-order valence-electron chi connectivity index (χ3n) is 4.87. The van der Waals surface area contributed by atoms with Crippen LogP contribution in [0.4, 0.5) is 4.39 Å². The second-order valence-electron chi connectivity index (χ2n) is 7.10. The average molecular weight is 476 g/mol. The normalized spacial score (nSPS) is 21.8. The van der Waals surface area contributed by atoms with Crippen molar-refractivity contribution in [2.45, 2.75) is 38.3 Å². The summed E-state index contributed by atoms with van der Waals surface area (Å²) < 4.78 is 18.7. The van der Waals surface area contributed by atoms with Crippen molar-refractivity contribution < 1.29 is 9.13 Å². The molecule has 1 saturated carbocycles. The minimum Gasteiger partial charge on any atom is -0.489 e. The first-order valence-electron chi connectivity index (χ1n) is 9.25. The van der Waals surface area contributed by atoms with Crippen molar-refractivity contribution in [3.05, 3.63) is 30.1 Å². The number of hydrogen-bond donors (Lipinski definition) is 2. The van der Waals surface area contributed by atoms with E-state index in [2.05, 4.69) is 20.5 Å². The quantitative estimate of drug-likeness (QED) is 0.361. The van der Waals surface area contributed by atoms with Crippen LogP contribution in [-0.4, -0.2) is 56.2 Å². The van der Waals surface area contributed by atoms with Gasteiger partial charge in [-0.1, -0.05) is 0 Å². The van der Waals surface area contributed by atoms with Crippen LogP contribution in [0.2, 0.25) is 0 Å². The molecule has 146 valence electrons. The number of benzene rings is 1. The van der Waals surface area contributed by atoms with Crippen molar-refractivity contribution in [1.29, 1.82) is 0 Å². The van der Waals surface area contributed by atoms with Gasteiger partial charge in [0.2, 0.25) is 0 Å². The van der Waals surface area contributed by atoms with Gasteiger partial charge < -0.3 is 20.3 Å². The van der Waals surface area contributed by atoms with E-state index in [1.807, 2.05) is 6.92 Å². The Hall–Kier alpha value is -1.09. The molecule has 1 aromatic rings. The Morgan fingerprint density at radius 2 is 2.00 bits per heavy atom. The van der Waals surface area contributed by atoms with Crippen LogP contribution in [0.3, 0.4) is 0 Å². The Morgan fingerprint density at radius 3 is 2.65 bits per heavy atom. The van der Waals surface area contributed by atoms with Crippen LogP contribution in [-0.2, 0) is 0 Å². The summed E-state index contributed by atoms with van der Waals surface area (Å²) in [6.07, 6.45) is 4.00. The third kappa shape index (κ3) is 6.57. The molecule has 2 fully saturated rings. The molecule has 2 unspecified atom stereocenters. The van der Waals surface area contributed by atoms with E-state index in [1.165, 1.54) is 44.5 Å². The fourth-order valence-corrected chi connectivity index (χ4v) is 3.29. The Morgan fingerprint density at radius 1 is 1.27 bits per heavy atom. The van der Waals surface area contributed by atoms with Crippen molar-refractivity contribution in [2.75, 3.05) is 33.2 Å². The molecule has 5 nitrogen and oxygen atoms in total. The predicted octanol–water partition coefficient (Wildman–Crippen LogP) is 2.86. The topological polar surface area (TPSA) is 48.9 Å². The van der Waals surface area contributed by atoms with Crippen LogP contribution in [0.1, 0.15) is 26.2 Å². The van der Waals surface area contributed by atoms with Crippen LogP contribution < -0.4 is 15.4 Å². The predicted molar refractivity (Wildman–Crippen MR) is 114 cm³/mol. The number of halogens is 2. The number of nitrogens with zero attached hydrogens (tertiary/aromatic N) is 2. The molecule has 0 spiro atoms. The number of ether oxygens (including phenoxy) is 1. The molecule has 0 amide bonds. The van der Waals surface area contributed by atoms with Gasteiger partial charge in [0.1, 0.15) is 17.7 Å². The number of likely N-dealkylation sites (tertiary alicyclic amines) is 1. The maximum Gasteiger partial charge on any atom is 0.191 e. The summed E-state index contributed by atoms with van der Waals surface area (Å²) in [6.45, 7) is 6.02. The molecule has 0 aromatic heterocycles. The lowest BCUT2D eigenvalue weighted by Crippen LogP contribution is -2.43. The van der Waals surface area contributed by atoms with Crippen molar-refractivity contribution in [1.82, 2.24) is 15.5 Å². The zero-order chi connectivity index (χ0) is 17.6. The molecule has 1 aliphatic carbocycles. The van der Waals surface area contributed by atoms with Gasteiger partial charge in [-0.15, -0.1) is 24.0 Å². The standard InChI is InChI=1S/C19H29FN4O.HI/c1-14(25-18-7-3-16(20)4-8-18)11-22-19(21-2)23-12-15-9-10-24(13-15)17-5-6-17;/h3-4,7-8,14-15,17H,5-6,9-13H2,1-2H3,(H2,21,22,23);1H. The molecule has 2 N–H and O–H groups in total. The van der Waals surface area contributed by atoms with Gasteiger partial charge >= 0.3 is 0 Å². The van der Waals surface area contributed by atoms with Crippen molar-refractivity contribution in [2.24, 2.45) is 10.9 Å². The Balaban J connectivity index is 0.00000243. The first kappa shape index (κ1) is 21.2. The minimum atomic E-state index is -0.255. The minimum absolute atomic E-state index is 0. The van der Waals surface area contributed by atoms with Gasteiger partial charge in [-0.2, -0.15) is 0 Å². The number of hydrogen-bond acceptors (Lipinski definition) is 3. The molecule has 2 aliphatic rings. The van der Waals surface area contributed by atoms with E-state index in [-0.39, 0.29) is 35.9 Å². The molecule has 7 heteroatoms. The molecular weight excluding hydrogens is 446 g/mol. The zero-order valence-electron chi connectivity index (χ0n) is 15.6. The molecule has 1 saturated heterocycles. The Kier molecular flexibility index (Phi) is 8.40. The third-order valence-corrected chi connectivity index (χ3v) is 4.87. The maximum atomic E-state index is 12.9. The van der Waals surface area contributed by atoms with Crippen LogP contribution in [0.25, 0.3) is 0 Å². The summed E-state index contributed by atoms with van der Waals surface area (Å²) in [5.74, 6) is 1.92. The largest absolute Gasteiger partial charge is 0.489 e. The summed E-state index contributed by atoms with van der Waals surface area (Å²) in [7, 11) is 1.78. The van der Waals surface area contributed by atoms with E-state index >= 15 is 0 Å². The zero-order valence-corrected chi connectivity index (χ0v) is 17.9. The van der Waals surface area contributed by atoms with Crippen LogP contribution in [0, 0.1) is 11.7 Å². The summed E-state index contributed by atoms with van der Waals surface area (Å²) in [5, 5.41) is 6.72. The van der Waals surface area contributed by atoms with Gasteiger partial charge in [-0.25, -0.2) is 4.39 Å². The highest BCUT2D eigenvalue weighted by Gasteiger charge is 2.34. The second kappa shape index (κ2) is 10.3. The first-order valence-corrected chi connectivity index (χ1v) is 9.25. The summed E-state index contributed by atoms with van der Waals surface area (Å²) in [4.78, 5) is 6.91. The highest BCUT2D eigenvalue weighted by Crippen LogP contribution is 2.31. The van der Waals surface area contributed by atoms with Crippen molar-refractivity contribution in [3.8, 4) is 5.75 Å². The van der Waals surface area contributed by atoms with Crippen molar-refractivity contribution in [3.63, 3.8) is 0 Å². The molecular formula is C19H30FIN4O. The lowest BCUT2D eigenvalue weighted by atomic mass is 10.1. The Labute approximate surface area is 172 Å². The Bertz CT molecular complexity index is 579. The van der Waals surface area contributed by atoms with Crippen molar-refractivity contribution >= 4 is 29.9 Å². The van der Waals surface area contributed by atoms with Gasteiger partial charge in [0.05, 0.1) is 6.54 Å². The highest BCUT2D eigenvalue weighted by molar-refractivity contribution is 14.0. The fraction of sp³-hybridized carbons (Fsp3) is 0.632. The summed E-state index contributed by atoms with van der Waals surface area (Å²) in [6, 6.07) is 6.96. The monoisotopic (exact) mass is 476 g/mol. The molecule has 3 rings (SSSR count). The second-order valence-corrected chi connectivity index (χ2v) is 7.10. The lowest BCUT2D eigenvalue weighted by Gasteiger charge is -2.19. The highest BCUT2D eigenvalue weighted by atomic mass is 127. The van der Waals surface area contributed by atoms with Gasteiger partial charge in [-0.05, 0) is 62.9 Å². The number of nitrogens with one attached hydrogen (secondary N) is 2. The van der Waals surface area contributed by atoms with Crippen LogP contribution in [0.5, 0.6) is 5.75 Å². The fourth-order valence-electron chi connectivity index (χ4n) is 3.29. The smallest absolute Gasteiger partial charge is 0.191 e. The number of aliphatic imine (C=N–C) groups is 1. The molecule has 0 radical (unpaired) electrons. The van der Waals surface area contributed by atoms with E-state index in [0.717, 1.165) is 18.5 Å². The molecule has 1 aromatic carbocycles. The van der Waals surface area contributed by atoms with E-state index in [0.29, 0.717) is 18.2 Å². The van der Waals surface area contributed by atoms with E-state index in [1.54, 1.807) is 19.2 Å². The average Bonchev–Trinajstić information content (AvgIpc) is 3.36. The molecule has 1 aliphatic heterocycles. The molecule has 1 heterocycles. The number of rotatable bonds is 7. The summed E-state index contributed by atoms with van der Waals surface area (Å²) >= 11 is 0. The lowest BCUT2D eigenvalue weighted by molar-refractivity contribution is 0.223. The van der Waals surface area contributed by atoms with Gasteiger partial charge in [0.15, 0.2) is 5.96 Å². The van der Waals surface area contributed by atoms with E-state index < -0.39 is 0 Å². The van der Waals surface area contributed by atoms with E-state index in [9.17, 15) is 4.39 Å². The van der Waals surface area contributed by atoms with Gasteiger partial charge in [0, 0.05) is 26.2 Å². The van der Waals surface area contributed by atoms with E-state index in [4.69, 9.17) is 4.74 Å². The molecule has 0 bridgehead atoms. The van der Waals surface area contributed by atoms with Crippen LogP contribution >= 0.6 is 24.0 Å². The maximum absolute atomic E-state index is 12.9. The summed E-state index contributed by atoms with van der Waals surface area (Å²) in [5.41, 5.74) is 0. The molecule has 26 heavy (non-hydrogen) atoms. The molecule has 2 atom stereocenters. The van der Waals surface area contributed by atoms with Gasteiger partial charge in [0.25, 0.3) is 0 Å². The van der Waals surface area contributed by atoms with Gasteiger partial charge in [-0.3, -0.25) is 4.99 Å². The van der Waals surface area contributed by atoms with Crippen LogP contribution in [0.15, 0.2) is 29.3 Å².